The molecule has 2 N–H and O–H groups in total. The van der Waals surface area contributed by atoms with E-state index in [9.17, 15) is 18.4 Å². The molecule has 0 fully saturated rings. The Bertz CT molecular complexity index is 1060. The van der Waals surface area contributed by atoms with E-state index < -0.39 is 23.5 Å². The Morgan fingerprint density at radius 3 is 2.59 bits per heavy atom. The first-order valence-corrected chi connectivity index (χ1v) is 8.59. The Morgan fingerprint density at radius 1 is 1.03 bits per heavy atom. The average Bonchev–Trinajstić information content (AvgIpc) is 2.71. The minimum Gasteiger partial charge on any atom is -0.462 e. The summed E-state index contributed by atoms with van der Waals surface area (Å²) >= 11 is 0. The summed E-state index contributed by atoms with van der Waals surface area (Å²) in [6, 6.07) is 11.0. The van der Waals surface area contributed by atoms with Gasteiger partial charge in [0.2, 0.25) is 0 Å². The molecule has 0 aliphatic heterocycles. The van der Waals surface area contributed by atoms with Gasteiger partial charge in [0.05, 0.1) is 17.9 Å². The normalized spacial score (nSPS) is 10.3. The quantitative estimate of drug-likeness (QED) is 0.611. The number of carbonyl (C=O) groups is 2. The molecule has 0 bridgehead atoms. The van der Waals surface area contributed by atoms with Gasteiger partial charge in [-0.3, -0.25) is 4.79 Å². The second kappa shape index (κ2) is 8.87. The molecule has 0 atom stereocenters. The third-order valence-electron chi connectivity index (χ3n) is 3.76. The van der Waals surface area contributed by atoms with Gasteiger partial charge in [-0.05, 0) is 31.2 Å². The molecule has 0 aliphatic rings. The molecule has 0 unspecified atom stereocenters. The molecule has 1 aromatic heterocycles. The summed E-state index contributed by atoms with van der Waals surface area (Å²) in [5.41, 5.74) is 0.813. The smallest absolute Gasteiger partial charge is 0.340 e. The lowest BCUT2D eigenvalue weighted by Crippen LogP contribution is -2.15. The van der Waals surface area contributed by atoms with E-state index in [0.717, 1.165) is 18.5 Å². The van der Waals surface area contributed by atoms with Crippen molar-refractivity contribution in [1.29, 1.82) is 0 Å². The average molecular weight is 398 g/mol. The van der Waals surface area contributed by atoms with Crippen LogP contribution in [0.25, 0.3) is 0 Å². The van der Waals surface area contributed by atoms with Crippen LogP contribution < -0.4 is 10.6 Å². The fourth-order valence-electron chi connectivity index (χ4n) is 2.44. The monoisotopic (exact) mass is 398 g/mol. The third kappa shape index (κ3) is 4.89. The van der Waals surface area contributed by atoms with Gasteiger partial charge in [0.1, 0.15) is 17.8 Å². The molecule has 0 saturated carbocycles. The first kappa shape index (κ1) is 19.9. The zero-order chi connectivity index (χ0) is 20.8. The lowest BCUT2D eigenvalue weighted by molar-refractivity contribution is 0.0527. The van der Waals surface area contributed by atoms with Crippen molar-refractivity contribution >= 4 is 29.1 Å². The molecule has 9 heteroatoms. The number of hydrogen-bond donors (Lipinski definition) is 2. The summed E-state index contributed by atoms with van der Waals surface area (Å²) in [6.45, 7) is 1.94. The van der Waals surface area contributed by atoms with Gasteiger partial charge in [0.15, 0.2) is 11.6 Å². The van der Waals surface area contributed by atoms with Gasteiger partial charge in [0, 0.05) is 17.8 Å². The van der Waals surface area contributed by atoms with E-state index in [-0.39, 0.29) is 23.8 Å². The zero-order valence-electron chi connectivity index (χ0n) is 15.3. The molecular formula is C20H16F2N4O3. The number of nitrogens with zero attached hydrogens (tertiary/aromatic N) is 2. The van der Waals surface area contributed by atoms with Crippen LogP contribution in [0.15, 0.2) is 54.9 Å². The van der Waals surface area contributed by atoms with Crippen molar-refractivity contribution in [2.45, 2.75) is 6.92 Å². The summed E-state index contributed by atoms with van der Waals surface area (Å²) in [6.07, 6.45) is 1.16. The number of halogens is 2. The number of nitrogens with one attached hydrogen (secondary N) is 2. The summed E-state index contributed by atoms with van der Waals surface area (Å²) in [4.78, 5) is 32.3. The highest BCUT2D eigenvalue weighted by Crippen LogP contribution is 2.21. The number of rotatable bonds is 6. The Balaban J connectivity index is 1.79. The standard InChI is InChI=1S/C20H16F2N4O3/c1-2-29-20(28)13-5-3-4-6-16(13)26-18-10-17(23-11-24-18)19(27)25-12-7-8-14(21)15(22)9-12/h3-11H,2H2,1H3,(H,25,27)(H,23,24,26). The largest absolute Gasteiger partial charge is 0.462 e. The van der Waals surface area contributed by atoms with Crippen molar-refractivity contribution < 1.29 is 23.1 Å². The molecule has 0 radical (unpaired) electrons. The maximum atomic E-state index is 13.3. The second-order valence-corrected chi connectivity index (χ2v) is 5.76. The van der Waals surface area contributed by atoms with Crippen LogP contribution in [0.1, 0.15) is 27.8 Å². The molecule has 0 saturated heterocycles. The van der Waals surface area contributed by atoms with Crippen LogP contribution in [0, 0.1) is 11.6 Å². The van der Waals surface area contributed by atoms with Gasteiger partial charge in [0.25, 0.3) is 5.91 Å². The van der Waals surface area contributed by atoms with Crippen molar-refractivity contribution in [1.82, 2.24) is 9.97 Å². The van der Waals surface area contributed by atoms with Crippen molar-refractivity contribution in [3.63, 3.8) is 0 Å². The Hall–Kier alpha value is -3.88. The summed E-state index contributed by atoms with van der Waals surface area (Å²) < 4.78 is 31.3. The highest BCUT2D eigenvalue weighted by molar-refractivity contribution is 6.03. The molecule has 1 amide bonds. The summed E-state index contributed by atoms with van der Waals surface area (Å²) in [5, 5.41) is 5.37. The van der Waals surface area contributed by atoms with Crippen molar-refractivity contribution in [2.24, 2.45) is 0 Å². The van der Waals surface area contributed by atoms with Crippen LogP contribution in [0.4, 0.5) is 26.0 Å². The number of esters is 1. The minimum atomic E-state index is -1.08. The van der Waals surface area contributed by atoms with E-state index >= 15 is 0 Å². The van der Waals surface area contributed by atoms with Crippen LogP contribution in [-0.2, 0) is 4.74 Å². The van der Waals surface area contributed by atoms with E-state index in [1.54, 1.807) is 31.2 Å². The zero-order valence-corrected chi connectivity index (χ0v) is 15.3. The van der Waals surface area contributed by atoms with E-state index in [1.807, 2.05) is 0 Å². The Labute approximate surface area is 164 Å². The van der Waals surface area contributed by atoms with Crippen molar-refractivity contribution in [3.8, 4) is 0 Å². The van der Waals surface area contributed by atoms with Crippen molar-refractivity contribution in [3.05, 3.63) is 77.8 Å². The van der Waals surface area contributed by atoms with Crippen LogP contribution in [0.5, 0.6) is 0 Å². The first-order valence-electron chi connectivity index (χ1n) is 8.59. The SMILES string of the molecule is CCOC(=O)c1ccccc1Nc1cc(C(=O)Nc2ccc(F)c(F)c2)ncn1. The van der Waals surface area contributed by atoms with E-state index in [2.05, 4.69) is 20.6 Å². The van der Waals surface area contributed by atoms with Crippen molar-refractivity contribution in [2.75, 3.05) is 17.2 Å². The number of hydrogen-bond acceptors (Lipinski definition) is 6. The van der Waals surface area contributed by atoms with E-state index in [0.29, 0.717) is 11.3 Å². The number of ether oxygens (including phenoxy) is 1. The molecule has 29 heavy (non-hydrogen) atoms. The first-order chi connectivity index (χ1) is 14.0. The molecule has 0 spiro atoms. The molecule has 7 nitrogen and oxygen atoms in total. The number of amides is 1. The number of para-hydroxylation sites is 1. The predicted octanol–water partition coefficient (Wildman–Crippen LogP) is 3.93. The Kier molecular flexibility index (Phi) is 6.08. The fourth-order valence-corrected chi connectivity index (χ4v) is 2.44. The summed E-state index contributed by atoms with van der Waals surface area (Å²) in [5.74, 6) is -2.98. The predicted molar refractivity (Wildman–Crippen MR) is 102 cm³/mol. The van der Waals surface area contributed by atoms with Gasteiger partial charge in [-0.1, -0.05) is 12.1 Å². The summed E-state index contributed by atoms with van der Waals surface area (Å²) in [7, 11) is 0. The van der Waals surface area contributed by atoms with Gasteiger partial charge in [-0.25, -0.2) is 23.5 Å². The molecule has 3 aromatic rings. The molecular weight excluding hydrogens is 382 g/mol. The Morgan fingerprint density at radius 2 is 1.83 bits per heavy atom. The highest BCUT2D eigenvalue weighted by Gasteiger charge is 2.14. The van der Waals surface area contributed by atoms with E-state index in [4.69, 9.17) is 4.74 Å². The highest BCUT2D eigenvalue weighted by atomic mass is 19.2. The molecule has 1 heterocycles. The van der Waals surface area contributed by atoms with E-state index in [1.165, 1.54) is 12.1 Å². The maximum absolute atomic E-state index is 13.3. The molecule has 148 valence electrons. The topological polar surface area (TPSA) is 93.2 Å². The molecule has 0 aliphatic carbocycles. The molecule has 2 aromatic carbocycles. The lowest BCUT2D eigenvalue weighted by Gasteiger charge is -2.11. The van der Waals surface area contributed by atoms with Gasteiger partial charge < -0.3 is 15.4 Å². The maximum Gasteiger partial charge on any atom is 0.340 e. The number of benzene rings is 2. The van der Waals surface area contributed by atoms with Gasteiger partial charge in [-0.2, -0.15) is 0 Å². The minimum absolute atomic E-state index is 0.0131. The number of carbonyl (C=O) groups excluding carboxylic acids is 2. The fraction of sp³-hybridized carbons (Fsp3) is 0.100. The van der Waals surface area contributed by atoms with Gasteiger partial charge in [-0.15, -0.1) is 0 Å². The third-order valence-corrected chi connectivity index (χ3v) is 3.76. The second-order valence-electron chi connectivity index (χ2n) is 5.76. The number of aromatic nitrogens is 2. The van der Waals surface area contributed by atoms with Gasteiger partial charge >= 0.3 is 5.97 Å². The lowest BCUT2D eigenvalue weighted by atomic mass is 10.2. The number of anilines is 3. The van der Waals surface area contributed by atoms with Crippen LogP contribution in [-0.4, -0.2) is 28.5 Å². The molecule has 3 rings (SSSR count). The van der Waals surface area contributed by atoms with Crippen LogP contribution in [0.3, 0.4) is 0 Å². The van der Waals surface area contributed by atoms with Crippen LogP contribution in [0.2, 0.25) is 0 Å². The van der Waals surface area contributed by atoms with Crippen LogP contribution >= 0.6 is 0 Å².